The Kier molecular flexibility index (Phi) is 5.60. The van der Waals surface area contributed by atoms with Crippen molar-refractivity contribution in [3.8, 4) is 6.07 Å². The van der Waals surface area contributed by atoms with Gasteiger partial charge in [0.1, 0.15) is 5.41 Å². The van der Waals surface area contributed by atoms with Gasteiger partial charge in [0.25, 0.3) is 0 Å². The van der Waals surface area contributed by atoms with Crippen LogP contribution in [-0.4, -0.2) is 49.7 Å². The van der Waals surface area contributed by atoms with Gasteiger partial charge in [0, 0.05) is 25.7 Å². The number of morpholine rings is 1. The molecule has 2 aliphatic rings. The number of nitrogens with one attached hydrogen (secondary N) is 1. The molecule has 0 spiro atoms. The lowest BCUT2D eigenvalue weighted by molar-refractivity contribution is -0.128. The molecule has 1 aliphatic heterocycles. The molecule has 0 radical (unpaired) electrons. The number of nitrogens with zero attached hydrogens (tertiary/aromatic N) is 2. The van der Waals surface area contributed by atoms with Crippen LogP contribution < -0.4 is 5.32 Å². The smallest absolute Gasteiger partial charge is 0.240 e. The van der Waals surface area contributed by atoms with Gasteiger partial charge in [-0.25, -0.2) is 0 Å². The quantitative estimate of drug-likeness (QED) is 0.835. The molecule has 1 saturated carbocycles. The average molecular weight is 293 g/mol. The Balaban J connectivity index is 1.92. The molecule has 118 valence electrons. The predicted octanol–water partition coefficient (Wildman–Crippen LogP) is 1.54. The molecule has 1 aliphatic carbocycles. The van der Waals surface area contributed by atoms with Crippen LogP contribution in [-0.2, 0) is 9.53 Å². The highest BCUT2D eigenvalue weighted by molar-refractivity contribution is 5.85. The molecule has 5 nitrogen and oxygen atoms in total. The van der Waals surface area contributed by atoms with E-state index < -0.39 is 5.41 Å². The lowest BCUT2D eigenvalue weighted by Gasteiger charge is -2.37. The van der Waals surface area contributed by atoms with Crippen molar-refractivity contribution < 1.29 is 9.53 Å². The van der Waals surface area contributed by atoms with E-state index in [2.05, 4.69) is 30.1 Å². The molecule has 1 saturated heterocycles. The summed E-state index contributed by atoms with van der Waals surface area (Å²) < 4.78 is 5.40. The number of ether oxygens (including phenoxy) is 1. The Bertz CT molecular complexity index is 391. The maximum atomic E-state index is 12.4. The van der Waals surface area contributed by atoms with Crippen LogP contribution >= 0.6 is 0 Å². The number of amides is 1. The van der Waals surface area contributed by atoms with E-state index in [4.69, 9.17) is 4.74 Å². The third-order valence-corrected chi connectivity index (χ3v) is 4.86. The lowest BCUT2D eigenvalue weighted by Crippen LogP contribution is -2.52. The predicted molar refractivity (Wildman–Crippen MR) is 80.5 cm³/mol. The van der Waals surface area contributed by atoms with E-state index in [1.54, 1.807) is 0 Å². The Morgan fingerprint density at radius 1 is 1.33 bits per heavy atom. The van der Waals surface area contributed by atoms with E-state index in [0.29, 0.717) is 31.3 Å². The number of carbonyl (C=O) groups excluding carboxylic acids is 1. The fourth-order valence-corrected chi connectivity index (χ4v) is 3.43. The lowest BCUT2D eigenvalue weighted by atomic mass is 9.87. The number of rotatable bonds is 5. The molecule has 2 rings (SSSR count). The first-order valence-corrected chi connectivity index (χ1v) is 8.10. The van der Waals surface area contributed by atoms with Crippen LogP contribution in [0.25, 0.3) is 0 Å². The minimum absolute atomic E-state index is 0.0681. The molecule has 0 aromatic carbocycles. The molecule has 1 N–H and O–H groups in total. The van der Waals surface area contributed by atoms with E-state index in [0.717, 1.165) is 39.1 Å². The Morgan fingerprint density at radius 2 is 1.95 bits per heavy atom. The summed E-state index contributed by atoms with van der Waals surface area (Å²) in [6.45, 7) is 8.35. The maximum absolute atomic E-state index is 12.4. The van der Waals surface area contributed by atoms with E-state index >= 15 is 0 Å². The SMILES string of the molecule is CC(C)C(CNC(=O)C1(C#N)CCCC1)N1CCOCC1. The summed E-state index contributed by atoms with van der Waals surface area (Å²) in [6, 6.07) is 2.58. The number of hydrogen-bond donors (Lipinski definition) is 1. The highest BCUT2D eigenvalue weighted by atomic mass is 16.5. The summed E-state index contributed by atoms with van der Waals surface area (Å²) in [6.07, 6.45) is 3.38. The molecule has 1 heterocycles. The standard InChI is InChI=1S/C16H27N3O2/c1-13(2)14(19-7-9-21-10-8-19)11-18-15(20)16(12-17)5-3-4-6-16/h13-14H,3-11H2,1-2H3,(H,18,20). The maximum Gasteiger partial charge on any atom is 0.240 e. The first-order chi connectivity index (χ1) is 10.1. The largest absolute Gasteiger partial charge is 0.379 e. The fraction of sp³-hybridized carbons (Fsp3) is 0.875. The first-order valence-electron chi connectivity index (χ1n) is 8.10. The van der Waals surface area contributed by atoms with Gasteiger partial charge >= 0.3 is 0 Å². The summed E-state index contributed by atoms with van der Waals surface area (Å²) in [4.78, 5) is 14.8. The highest BCUT2D eigenvalue weighted by Gasteiger charge is 2.41. The van der Waals surface area contributed by atoms with Crippen molar-refractivity contribution in [2.45, 2.75) is 45.6 Å². The van der Waals surface area contributed by atoms with Crippen molar-refractivity contribution in [1.29, 1.82) is 5.26 Å². The van der Waals surface area contributed by atoms with Crippen molar-refractivity contribution in [1.82, 2.24) is 10.2 Å². The zero-order chi connectivity index (χ0) is 15.3. The monoisotopic (exact) mass is 293 g/mol. The Labute approximate surface area is 127 Å². The second kappa shape index (κ2) is 7.24. The van der Waals surface area contributed by atoms with E-state index in [9.17, 15) is 10.1 Å². The van der Waals surface area contributed by atoms with Gasteiger partial charge in [-0.15, -0.1) is 0 Å². The third-order valence-electron chi connectivity index (χ3n) is 4.86. The Hall–Kier alpha value is -1.12. The van der Waals surface area contributed by atoms with Gasteiger partial charge in [-0.3, -0.25) is 9.69 Å². The van der Waals surface area contributed by atoms with Crippen LogP contribution in [0.1, 0.15) is 39.5 Å². The topological polar surface area (TPSA) is 65.4 Å². The van der Waals surface area contributed by atoms with Crippen LogP contribution in [0.3, 0.4) is 0 Å². The van der Waals surface area contributed by atoms with Crippen molar-refractivity contribution >= 4 is 5.91 Å². The fourth-order valence-electron chi connectivity index (χ4n) is 3.43. The molecule has 1 unspecified atom stereocenters. The van der Waals surface area contributed by atoms with Gasteiger partial charge in [0.15, 0.2) is 0 Å². The van der Waals surface area contributed by atoms with Crippen LogP contribution in [0.2, 0.25) is 0 Å². The summed E-state index contributed by atoms with van der Waals surface area (Å²) in [5, 5.41) is 12.4. The summed E-state index contributed by atoms with van der Waals surface area (Å²) in [5.41, 5.74) is -0.771. The van der Waals surface area contributed by atoms with E-state index in [1.807, 2.05) is 0 Å². The third kappa shape index (κ3) is 3.75. The second-order valence-electron chi connectivity index (χ2n) is 6.57. The first kappa shape index (κ1) is 16.3. The molecule has 0 bridgehead atoms. The summed E-state index contributed by atoms with van der Waals surface area (Å²) in [7, 11) is 0. The van der Waals surface area contributed by atoms with Crippen LogP contribution in [0.4, 0.5) is 0 Å². The number of carbonyl (C=O) groups is 1. The molecule has 1 amide bonds. The molecule has 1 atom stereocenters. The number of hydrogen-bond acceptors (Lipinski definition) is 4. The molecule has 0 aromatic heterocycles. The average Bonchev–Trinajstić information content (AvgIpc) is 2.98. The zero-order valence-corrected chi connectivity index (χ0v) is 13.2. The van der Waals surface area contributed by atoms with Gasteiger partial charge in [0.05, 0.1) is 19.3 Å². The van der Waals surface area contributed by atoms with Crippen molar-refractivity contribution in [2.75, 3.05) is 32.8 Å². The summed E-state index contributed by atoms with van der Waals surface area (Å²) in [5.74, 6) is 0.395. The van der Waals surface area contributed by atoms with Gasteiger partial charge in [-0.2, -0.15) is 5.26 Å². The Morgan fingerprint density at radius 3 is 2.48 bits per heavy atom. The molecule has 0 aromatic rings. The van der Waals surface area contributed by atoms with E-state index in [1.165, 1.54) is 0 Å². The van der Waals surface area contributed by atoms with Crippen molar-refractivity contribution in [3.05, 3.63) is 0 Å². The second-order valence-corrected chi connectivity index (χ2v) is 6.57. The molecular weight excluding hydrogens is 266 g/mol. The van der Waals surface area contributed by atoms with E-state index in [-0.39, 0.29) is 5.91 Å². The highest BCUT2D eigenvalue weighted by Crippen LogP contribution is 2.37. The molecule has 2 fully saturated rings. The van der Waals surface area contributed by atoms with Crippen LogP contribution in [0, 0.1) is 22.7 Å². The van der Waals surface area contributed by atoms with Crippen LogP contribution in [0.5, 0.6) is 0 Å². The van der Waals surface area contributed by atoms with Gasteiger partial charge in [-0.1, -0.05) is 26.7 Å². The van der Waals surface area contributed by atoms with Gasteiger partial charge in [0.2, 0.25) is 5.91 Å². The number of nitriles is 1. The summed E-state index contributed by atoms with van der Waals surface area (Å²) >= 11 is 0. The van der Waals surface area contributed by atoms with Crippen molar-refractivity contribution in [2.24, 2.45) is 11.3 Å². The van der Waals surface area contributed by atoms with Crippen molar-refractivity contribution in [3.63, 3.8) is 0 Å². The van der Waals surface area contributed by atoms with Gasteiger partial charge < -0.3 is 10.1 Å². The van der Waals surface area contributed by atoms with Crippen LogP contribution in [0.15, 0.2) is 0 Å². The molecule has 5 heteroatoms. The van der Waals surface area contributed by atoms with Gasteiger partial charge in [-0.05, 0) is 18.8 Å². The zero-order valence-electron chi connectivity index (χ0n) is 13.2. The molecular formula is C16H27N3O2. The normalized spacial score (nSPS) is 23.7. The molecule has 21 heavy (non-hydrogen) atoms. The minimum Gasteiger partial charge on any atom is -0.379 e. The minimum atomic E-state index is -0.771.